The van der Waals surface area contributed by atoms with Crippen LogP contribution in [0.15, 0.2) is 21.4 Å². The van der Waals surface area contributed by atoms with Crippen molar-refractivity contribution < 1.29 is 12.8 Å². The van der Waals surface area contributed by atoms with E-state index in [4.69, 9.17) is 4.42 Å². The van der Waals surface area contributed by atoms with Crippen LogP contribution in [0.25, 0.3) is 11.1 Å². The highest BCUT2D eigenvalue weighted by atomic mass is 32.2. The third-order valence-electron chi connectivity index (χ3n) is 2.51. The molecule has 4 nitrogen and oxygen atoms in total. The van der Waals surface area contributed by atoms with Gasteiger partial charge >= 0.3 is 0 Å². The molecular formula is C11H13NO3S. The van der Waals surface area contributed by atoms with E-state index in [0.29, 0.717) is 22.6 Å². The van der Waals surface area contributed by atoms with Crippen molar-refractivity contribution in [2.75, 3.05) is 5.75 Å². The van der Waals surface area contributed by atoms with Crippen molar-refractivity contribution in [1.82, 2.24) is 4.98 Å². The van der Waals surface area contributed by atoms with Gasteiger partial charge in [0.25, 0.3) is 0 Å². The van der Waals surface area contributed by atoms with Crippen molar-refractivity contribution in [3.63, 3.8) is 0 Å². The first-order valence-electron chi connectivity index (χ1n) is 5.05. The lowest BCUT2D eigenvalue weighted by Crippen LogP contribution is -2.06. The van der Waals surface area contributed by atoms with Gasteiger partial charge in [-0.1, -0.05) is 13.0 Å². The minimum Gasteiger partial charge on any atom is -0.440 e. The van der Waals surface area contributed by atoms with E-state index < -0.39 is 9.84 Å². The minimum absolute atomic E-state index is 0.0622. The van der Waals surface area contributed by atoms with E-state index in [0.717, 1.165) is 0 Å². The molecule has 2 rings (SSSR count). The van der Waals surface area contributed by atoms with E-state index in [1.54, 1.807) is 32.9 Å². The summed E-state index contributed by atoms with van der Waals surface area (Å²) in [7, 11) is -3.28. The number of aromatic nitrogens is 1. The van der Waals surface area contributed by atoms with Crippen LogP contribution < -0.4 is 0 Å². The van der Waals surface area contributed by atoms with Gasteiger partial charge in [-0.15, -0.1) is 0 Å². The maximum absolute atomic E-state index is 12.0. The molecule has 86 valence electrons. The Labute approximate surface area is 94.2 Å². The molecule has 0 atom stereocenters. The van der Waals surface area contributed by atoms with Crippen LogP contribution in [0.1, 0.15) is 18.4 Å². The van der Waals surface area contributed by atoms with Crippen molar-refractivity contribution in [2.24, 2.45) is 0 Å². The van der Waals surface area contributed by atoms with Crippen molar-refractivity contribution in [1.29, 1.82) is 0 Å². The first-order chi connectivity index (χ1) is 7.45. The lowest BCUT2D eigenvalue weighted by atomic mass is 10.2. The van der Waals surface area contributed by atoms with E-state index in [-0.39, 0.29) is 10.6 Å². The Balaban J connectivity index is 2.91. The van der Waals surface area contributed by atoms with E-state index >= 15 is 0 Å². The maximum Gasteiger partial charge on any atom is 0.192 e. The van der Waals surface area contributed by atoms with Crippen molar-refractivity contribution in [3.05, 3.63) is 23.6 Å². The van der Waals surface area contributed by atoms with Crippen molar-refractivity contribution >= 4 is 20.9 Å². The van der Waals surface area contributed by atoms with Gasteiger partial charge in [0.2, 0.25) is 0 Å². The standard InChI is InChI=1S/C11H13NO3S/c1-4-16(13,14)11-7(2)5-6-9-10(11)15-8(3)12-9/h5-6H,4H2,1-3H3. The van der Waals surface area contributed by atoms with Gasteiger partial charge in [0, 0.05) is 6.92 Å². The fourth-order valence-electron chi connectivity index (χ4n) is 1.71. The zero-order valence-electron chi connectivity index (χ0n) is 9.44. The molecule has 0 bridgehead atoms. The van der Waals surface area contributed by atoms with Crippen LogP contribution in [-0.2, 0) is 9.84 Å². The monoisotopic (exact) mass is 239 g/mol. The third-order valence-corrected chi connectivity index (χ3v) is 4.40. The van der Waals surface area contributed by atoms with E-state index in [9.17, 15) is 8.42 Å². The summed E-state index contributed by atoms with van der Waals surface area (Å²) in [6.45, 7) is 5.09. The van der Waals surface area contributed by atoms with E-state index in [1.807, 2.05) is 0 Å². The van der Waals surface area contributed by atoms with Crippen molar-refractivity contribution in [3.8, 4) is 0 Å². The normalized spacial score (nSPS) is 12.2. The second-order valence-corrected chi connectivity index (χ2v) is 5.91. The number of hydrogen-bond acceptors (Lipinski definition) is 4. The number of oxazole rings is 1. The molecule has 0 radical (unpaired) electrons. The predicted molar refractivity (Wildman–Crippen MR) is 61.2 cm³/mol. The summed E-state index contributed by atoms with van der Waals surface area (Å²) in [5, 5.41) is 0. The van der Waals surface area contributed by atoms with Gasteiger partial charge < -0.3 is 4.42 Å². The summed E-state index contributed by atoms with van der Waals surface area (Å²) in [6, 6.07) is 3.53. The van der Waals surface area contributed by atoms with Crippen LogP contribution in [0.2, 0.25) is 0 Å². The van der Waals surface area contributed by atoms with Crippen LogP contribution in [0.4, 0.5) is 0 Å². The molecule has 0 amide bonds. The summed E-state index contributed by atoms with van der Waals surface area (Å²) in [4.78, 5) is 4.40. The van der Waals surface area contributed by atoms with Gasteiger partial charge in [-0.05, 0) is 18.6 Å². The van der Waals surface area contributed by atoms with Crippen LogP contribution in [0, 0.1) is 13.8 Å². The minimum atomic E-state index is -3.28. The van der Waals surface area contributed by atoms with Crippen LogP contribution >= 0.6 is 0 Å². The maximum atomic E-state index is 12.0. The number of aryl methyl sites for hydroxylation is 2. The van der Waals surface area contributed by atoms with Gasteiger partial charge in [0.1, 0.15) is 10.4 Å². The summed E-state index contributed by atoms with van der Waals surface area (Å²) in [5.74, 6) is 0.542. The van der Waals surface area contributed by atoms with Gasteiger partial charge in [0.15, 0.2) is 21.3 Å². The molecule has 0 aliphatic carbocycles. The molecule has 0 N–H and O–H groups in total. The molecule has 1 heterocycles. The highest BCUT2D eigenvalue weighted by Crippen LogP contribution is 2.27. The average molecular weight is 239 g/mol. The number of nitrogens with zero attached hydrogens (tertiary/aromatic N) is 1. The van der Waals surface area contributed by atoms with Gasteiger partial charge in [-0.2, -0.15) is 0 Å². The highest BCUT2D eigenvalue weighted by Gasteiger charge is 2.21. The molecule has 1 aromatic heterocycles. The van der Waals surface area contributed by atoms with E-state index in [2.05, 4.69) is 4.98 Å². The topological polar surface area (TPSA) is 60.2 Å². The molecule has 2 aromatic rings. The lowest BCUT2D eigenvalue weighted by Gasteiger charge is -2.05. The first kappa shape index (κ1) is 11.1. The summed E-state index contributed by atoms with van der Waals surface area (Å²) >= 11 is 0. The fourth-order valence-corrected chi connectivity index (χ4v) is 2.98. The quantitative estimate of drug-likeness (QED) is 0.806. The molecule has 0 aliphatic heterocycles. The van der Waals surface area contributed by atoms with Gasteiger partial charge in [0.05, 0.1) is 5.75 Å². The number of rotatable bonds is 2. The molecule has 5 heteroatoms. The molecule has 0 saturated heterocycles. The molecule has 0 fully saturated rings. The Bertz CT molecular complexity index is 641. The molecule has 0 spiro atoms. The number of benzene rings is 1. The predicted octanol–water partition coefficient (Wildman–Crippen LogP) is 2.24. The Morgan fingerprint density at radius 3 is 2.62 bits per heavy atom. The summed E-state index contributed by atoms with van der Waals surface area (Å²) < 4.78 is 29.3. The zero-order valence-corrected chi connectivity index (χ0v) is 10.3. The van der Waals surface area contributed by atoms with Gasteiger partial charge in [-0.3, -0.25) is 0 Å². The zero-order chi connectivity index (χ0) is 11.9. The second kappa shape index (κ2) is 3.59. The first-order valence-corrected chi connectivity index (χ1v) is 6.70. The van der Waals surface area contributed by atoms with E-state index in [1.165, 1.54) is 0 Å². The number of fused-ring (bicyclic) bond motifs is 1. The smallest absolute Gasteiger partial charge is 0.192 e. The third kappa shape index (κ3) is 1.61. The average Bonchev–Trinajstić information content (AvgIpc) is 2.57. The molecule has 0 saturated carbocycles. The fraction of sp³-hybridized carbons (Fsp3) is 0.364. The Hall–Kier alpha value is -1.36. The highest BCUT2D eigenvalue weighted by molar-refractivity contribution is 7.91. The second-order valence-electron chi connectivity index (χ2n) is 3.70. The van der Waals surface area contributed by atoms with Crippen LogP contribution in [0.3, 0.4) is 0 Å². The van der Waals surface area contributed by atoms with Crippen LogP contribution in [0.5, 0.6) is 0 Å². The molecule has 1 aromatic carbocycles. The molecule has 16 heavy (non-hydrogen) atoms. The Morgan fingerprint density at radius 2 is 2.00 bits per heavy atom. The largest absolute Gasteiger partial charge is 0.440 e. The van der Waals surface area contributed by atoms with Crippen molar-refractivity contribution in [2.45, 2.75) is 25.7 Å². The van der Waals surface area contributed by atoms with Crippen LogP contribution in [-0.4, -0.2) is 19.2 Å². The summed E-state index contributed by atoms with van der Waals surface area (Å²) in [5.41, 5.74) is 1.67. The van der Waals surface area contributed by atoms with Gasteiger partial charge in [-0.25, -0.2) is 13.4 Å². The molecule has 0 aliphatic rings. The lowest BCUT2D eigenvalue weighted by molar-refractivity contribution is 0.550. The molecular weight excluding hydrogens is 226 g/mol. The SMILES string of the molecule is CCS(=O)(=O)c1c(C)ccc2nc(C)oc12. The summed E-state index contributed by atoms with van der Waals surface area (Å²) in [6.07, 6.45) is 0. The Morgan fingerprint density at radius 1 is 1.31 bits per heavy atom. The number of sulfone groups is 1. The molecule has 0 unspecified atom stereocenters. The Kier molecular flexibility index (Phi) is 2.50. The number of hydrogen-bond donors (Lipinski definition) is 0.